The van der Waals surface area contributed by atoms with Gasteiger partial charge in [-0.2, -0.15) is 0 Å². The van der Waals surface area contributed by atoms with Crippen molar-refractivity contribution in [2.24, 2.45) is 0 Å². The van der Waals surface area contributed by atoms with E-state index in [2.05, 4.69) is 42.5 Å². The number of hydrogen-bond acceptors (Lipinski definition) is 2. The van der Waals surface area contributed by atoms with Gasteiger partial charge in [-0.05, 0) is 38.8 Å². The topological polar surface area (TPSA) is 24.1 Å². The molecular weight excluding hydrogens is 236 g/mol. The minimum Gasteiger partial charge on any atom is -0.358 e. The summed E-state index contributed by atoms with van der Waals surface area (Å²) in [4.78, 5) is 0. The number of hydrogen-bond donors (Lipinski definition) is 2. The third-order valence-corrected chi connectivity index (χ3v) is 2.21. The Labute approximate surface area is 65.0 Å². The summed E-state index contributed by atoms with van der Waals surface area (Å²) in [6, 6.07) is 0. The van der Waals surface area contributed by atoms with E-state index in [1.165, 1.54) is 0 Å². The maximum atomic E-state index is 3.33. The van der Waals surface area contributed by atoms with Gasteiger partial charge in [0, 0.05) is 5.70 Å². The van der Waals surface area contributed by atoms with E-state index < -0.39 is 0 Å². The standard InChI is InChI=1S/C4H6Br2N2/c1-2-3(5)8-4(6)7-2/h4,7-8H,1H3. The van der Waals surface area contributed by atoms with Crippen LogP contribution < -0.4 is 10.6 Å². The minimum atomic E-state index is 0.192. The summed E-state index contributed by atoms with van der Waals surface area (Å²) in [5.74, 6) is 0. The summed E-state index contributed by atoms with van der Waals surface area (Å²) in [5.41, 5.74) is 1.13. The van der Waals surface area contributed by atoms with E-state index in [-0.39, 0.29) is 5.08 Å². The smallest absolute Gasteiger partial charge is 0.155 e. The van der Waals surface area contributed by atoms with Gasteiger partial charge in [0.2, 0.25) is 0 Å². The van der Waals surface area contributed by atoms with E-state index in [1.54, 1.807) is 0 Å². The summed E-state index contributed by atoms with van der Waals surface area (Å²) >= 11 is 6.65. The van der Waals surface area contributed by atoms with Gasteiger partial charge in [-0.25, -0.2) is 0 Å². The molecule has 0 aromatic carbocycles. The van der Waals surface area contributed by atoms with Crippen LogP contribution >= 0.6 is 31.9 Å². The Morgan fingerprint density at radius 1 is 1.50 bits per heavy atom. The van der Waals surface area contributed by atoms with E-state index in [9.17, 15) is 0 Å². The largest absolute Gasteiger partial charge is 0.358 e. The Kier molecular flexibility index (Phi) is 1.82. The molecule has 4 heteroatoms. The lowest BCUT2D eigenvalue weighted by molar-refractivity contribution is 0.763. The van der Waals surface area contributed by atoms with Crippen LogP contribution in [-0.4, -0.2) is 5.08 Å². The van der Waals surface area contributed by atoms with E-state index in [0.717, 1.165) is 10.3 Å². The number of alkyl halides is 1. The van der Waals surface area contributed by atoms with Crippen LogP contribution in [-0.2, 0) is 0 Å². The Hall–Kier alpha value is 0.300. The quantitative estimate of drug-likeness (QED) is 0.496. The molecule has 2 N–H and O–H groups in total. The van der Waals surface area contributed by atoms with Crippen LogP contribution in [0.25, 0.3) is 0 Å². The number of allylic oxidation sites excluding steroid dienone is 1. The molecule has 46 valence electrons. The molecule has 2 nitrogen and oxygen atoms in total. The van der Waals surface area contributed by atoms with Crippen LogP contribution in [0.5, 0.6) is 0 Å². The lowest BCUT2D eigenvalue weighted by Crippen LogP contribution is -2.24. The van der Waals surface area contributed by atoms with E-state index in [1.807, 2.05) is 6.92 Å². The van der Waals surface area contributed by atoms with Crippen molar-refractivity contribution < 1.29 is 0 Å². The maximum Gasteiger partial charge on any atom is 0.155 e. The first-order valence-electron chi connectivity index (χ1n) is 2.23. The molecule has 1 unspecified atom stereocenters. The highest BCUT2D eigenvalue weighted by Crippen LogP contribution is 2.15. The van der Waals surface area contributed by atoms with Gasteiger partial charge in [-0.15, -0.1) is 0 Å². The van der Waals surface area contributed by atoms with Crippen molar-refractivity contribution in [1.82, 2.24) is 10.6 Å². The normalized spacial score (nSPS) is 27.6. The molecular formula is C4H6Br2N2. The van der Waals surface area contributed by atoms with Gasteiger partial charge >= 0.3 is 0 Å². The molecule has 8 heavy (non-hydrogen) atoms. The van der Waals surface area contributed by atoms with Gasteiger partial charge in [0.1, 0.15) is 0 Å². The summed E-state index contributed by atoms with van der Waals surface area (Å²) in [7, 11) is 0. The summed E-state index contributed by atoms with van der Waals surface area (Å²) in [5, 5.41) is 6.36. The fourth-order valence-electron chi connectivity index (χ4n) is 0.509. The van der Waals surface area contributed by atoms with Crippen molar-refractivity contribution in [2.45, 2.75) is 12.0 Å². The van der Waals surface area contributed by atoms with Gasteiger partial charge in [-0.1, -0.05) is 0 Å². The minimum absolute atomic E-state index is 0.192. The molecule has 0 radical (unpaired) electrons. The zero-order valence-electron chi connectivity index (χ0n) is 4.33. The lowest BCUT2D eigenvalue weighted by atomic mass is 10.6. The predicted octanol–water partition coefficient (Wildman–Crippen LogP) is 1.44. The molecule has 0 saturated heterocycles. The van der Waals surface area contributed by atoms with Crippen molar-refractivity contribution in [3.63, 3.8) is 0 Å². The van der Waals surface area contributed by atoms with Crippen LogP contribution in [0.2, 0.25) is 0 Å². The molecule has 0 fully saturated rings. The summed E-state index contributed by atoms with van der Waals surface area (Å²) < 4.78 is 1.03. The zero-order chi connectivity index (χ0) is 6.15. The first-order chi connectivity index (χ1) is 3.70. The number of nitrogens with one attached hydrogen (secondary N) is 2. The van der Waals surface area contributed by atoms with E-state index in [0.29, 0.717) is 0 Å². The van der Waals surface area contributed by atoms with Gasteiger partial charge in [0.05, 0.1) is 4.61 Å². The Morgan fingerprint density at radius 2 is 2.12 bits per heavy atom. The van der Waals surface area contributed by atoms with E-state index in [4.69, 9.17) is 0 Å². The third-order valence-electron chi connectivity index (χ3n) is 0.926. The first-order valence-corrected chi connectivity index (χ1v) is 3.94. The molecule has 0 amide bonds. The van der Waals surface area contributed by atoms with Crippen molar-refractivity contribution in [3.05, 3.63) is 10.3 Å². The van der Waals surface area contributed by atoms with Crippen molar-refractivity contribution in [1.29, 1.82) is 0 Å². The third kappa shape index (κ3) is 1.17. The van der Waals surface area contributed by atoms with Crippen LogP contribution in [0.1, 0.15) is 6.92 Å². The van der Waals surface area contributed by atoms with Gasteiger partial charge in [0.15, 0.2) is 5.08 Å². The Bertz CT molecular complexity index is 118. The van der Waals surface area contributed by atoms with Gasteiger partial charge in [0.25, 0.3) is 0 Å². The average Bonchev–Trinajstić information content (AvgIpc) is 1.85. The SMILES string of the molecule is CC1=C(Br)NC(Br)N1. The second-order valence-corrected chi connectivity index (χ2v) is 3.30. The van der Waals surface area contributed by atoms with Crippen LogP contribution in [0.15, 0.2) is 10.3 Å². The van der Waals surface area contributed by atoms with Crippen LogP contribution in [0.3, 0.4) is 0 Å². The average molecular weight is 242 g/mol. The molecule has 1 aliphatic rings. The molecule has 1 aliphatic heterocycles. The van der Waals surface area contributed by atoms with Crippen molar-refractivity contribution >= 4 is 31.9 Å². The molecule has 1 rings (SSSR count). The van der Waals surface area contributed by atoms with Crippen LogP contribution in [0, 0.1) is 0 Å². The van der Waals surface area contributed by atoms with Crippen LogP contribution in [0.4, 0.5) is 0 Å². The zero-order valence-corrected chi connectivity index (χ0v) is 7.51. The first kappa shape index (κ1) is 6.42. The Balaban J connectivity index is 2.60. The highest BCUT2D eigenvalue weighted by Gasteiger charge is 2.12. The molecule has 0 aromatic heterocycles. The fourth-order valence-corrected chi connectivity index (χ4v) is 1.73. The van der Waals surface area contributed by atoms with Crippen molar-refractivity contribution in [2.75, 3.05) is 0 Å². The van der Waals surface area contributed by atoms with Gasteiger partial charge < -0.3 is 10.6 Å². The number of halogens is 2. The van der Waals surface area contributed by atoms with Gasteiger partial charge in [-0.3, -0.25) is 0 Å². The molecule has 1 atom stereocenters. The molecule has 0 spiro atoms. The second kappa shape index (κ2) is 2.27. The lowest BCUT2D eigenvalue weighted by Gasteiger charge is -2.00. The summed E-state index contributed by atoms with van der Waals surface area (Å²) in [6.45, 7) is 2.00. The van der Waals surface area contributed by atoms with Crippen molar-refractivity contribution in [3.8, 4) is 0 Å². The predicted molar refractivity (Wildman–Crippen MR) is 40.6 cm³/mol. The molecule has 0 aliphatic carbocycles. The highest BCUT2D eigenvalue weighted by atomic mass is 79.9. The van der Waals surface area contributed by atoms with E-state index >= 15 is 0 Å². The highest BCUT2D eigenvalue weighted by molar-refractivity contribution is 9.12. The Morgan fingerprint density at radius 3 is 2.25 bits per heavy atom. The molecule has 1 heterocycles. The monoisotopic (exact) mass is 240 g/mol. The molecule has 0 bridgehead atoms. The summed E-state index contributed by atoms with van der Waals surface area (Å²) in [6.07, 6.45) is 0. The molecule has 0 saturated carbocycles. The second-order valence-electron chi connectivity index (χ2n) is 1.59. The number of rotatable bonds is 0. The maximum absolute atomic E-state index is 3.33. The molecule has 0 aromatic rings. The fraction of sp³-hybridized carbons (Fsp3) is 0.500.